The molecule has 2 heteroatoms. The Morgan fingerprint density at radius 2 is 1.64 bits per heavy atom. The zero-order valence-electron chi connectivity index (χ0n) is 9.76. The number of nitrogens with zero attached hydrogens (tertiary/aromatic N) is 2. The van der Waals surface area contributed by atoms with Gasteiger partial charge in [0.2, 0.25) is 0 Å². The van der Waals surface area contributed by atoms with Gasteiger partial charge in [0.25, 0.3) is 0 Å². The van der Waals surface area contributed by atoms with Crippen LogP contribution >= 0.6 is 0 Å². The number of nitriles is 1. The maximum atomic E-state index is 8.55. The molecule has 0 aromatic rings. The van der Waals surface area contributed by atoms with E-state index in [1.165, 1.54) is 38.5 Å². The molecule has 0 amide bonds. The zero-order valence-corrected chi connectivity index (χ0v) is 9.76. The van der Waals surface area contributed by atoms with E-state index in [-0.39, 0.29) is 0 Å². The molecule has 0 N–H and O–H groups in total. The van der Waals surface area contributed by atoms with Crippen molar-refractivity contribution in [3.8, 4) is 6.07 Å². The monoisotopic (exact) mass is 196 g/mol. The molecule has 0 aromatic heterocycles. The molecule has 0 aliphatic carbocycles. The molecule has 0 heterocycles. The van der Waals surface area contributed by atoms with Gasteiger partial charge in [0, 0.05) is 0 Å². The molecule has 0 bridgehead atoms. The summed E-state index contributed by atoms with van der Waals surface area (Å²) in [7, 11) is 0. The van der Waals surface area contributed by atoms with Gasteiger partial charge < -0.3 is 0 Å². The largest absolute Gasteiger partial charge is 0.291 e. The Labute approximate surface area is 88.9 Å². The third kappa shape index (κ3) is 8.07. The molecule has 2 nitrogen and oxygen atoms in total. The quantitative estimate of drug-likeness (QED) is 0.418. The number of unbranched alkanes of at least 4 members (excludes halogenated alkanes) is 5. The third-order valence-corrected chi connectivity index (χ3v) is 2.57. The normalized spacial score (nSPS) is 10.4. The molecule has 0 spiro atoms. The molecule has 0 saturated carbocycles. The summed E-state index contributed by atoms with van der Waals surface area (Å²) in [5.41, 5.74) is 0. The molecule has 0 aliphatic heterocycles. The van der Waals surface area contributed by atoms with Crippen LogP contribution in [0.4, 0.5) is 0 Å². The molecule has 0 atom stereocenters. The molecule has 82 valence electrons. The van der Waals surface area contributed by atoms with Crippen molar-refractivity contribution in [2.45, 2.75) is 52.4 Å². The Kier molecular flexibility index (Phi) is 10.1. The highest BCUT2D eigenvalue weighted by molar-refractivity contribution is 4.75. The van der Waals surface area contributed by atoms with E-state index >= 15 is 0 Å². The second-order valence-corrected chi connectivity index (χ2v) is 3.79. The summed E-state index contributed by atoms with van der Waals surface area (Å²) in [5.74, 6) is 0. The van der Waals surface area contributed by atoms with Crippen LogP contribution in [0.1, 0.15) is 52.4 Å². The standard InChI is InChI=1S/C12H24N2/c1-3-5-6-7-8-9-11-14(4-2)12-10-13/h3-9,11-12H2,1-2H3. The summed E-state index contributed by atoms with van der Waals surface area (Å²) in [6.07, 6.45) is 7.99. The van der Waals surface area contributed by atoms with Crippen molar-refractivity contribution in [1.82, 2.24) is 4.90 Å². The van der Waals surface area contributed by atoms with Crippen LogP contribution < -0.4 is 0 Å². The average molecular weight is 196 g/mol. The molecule has 0 saturated heterocycles. The van der Waals surface area contributed by atoms with Gasteiger partial charge in [-0.1, -0.05) is 46.0 Å². The van der Waals surface area contributed by atoms with Gasteiger partial charge in [0.1, 0.15) is 0 Å². The first-order chi connectivity index (χ1) is 6.85. The Balaban J connectivity index is 3.21. The van der Waals surface area contributed by atoms with Crippen molar-refractivity contribution < 1.29 is 0 Å². The Morgan fingerprint density at radius 1 is 1.00 bits per heavy atom. The van der Waals surface area contributed by atoms with Crippen molar-refractivity contribution in [2.75, 3.05) is 19.6 Å². The Bertz CT molecular complexity index is 149. The van der Waals surface area contributed by atoms with Gasteiger partial charge in [-0.2, -0.15) is 5.26 Å². The van der Waals surface area contributed by atoms with Crippen LogP contribution in [0.25, 0.3) is 0 Å². The molecule has 0 fully saturated rings. The van der Waals surface area contributed by atoms with Gasteiger partial charge in [-0.25, -0.2) is 0 Å². The van der Waals surface area contributed by atoms with E-state index in [1.54, 1.807) is 0 Å². The summed E-state index contributed by atoms with van der Waals surface area (Å²) in [5, 5.41) is 8.55. The van der Waals surface area contributed by atoms with Gasteiger partial charge in [-0.15, -0.1) is 0 Å². The fourth-order valence-corrected chi connectivity index (χ4v) is 1.56. The van der Waals surface area contributed by atoms with E-state index in [9.17, 15) is 0 Å². The highest BCUT2D eigenvalue weighted by Gasteiger charge is 1.99. The van der Waals surface area contributed by atoms with Crippen LogP contribution in [-0.2, 0) is 0 Å². The lowest BCUT2D eigenvalue weighted by Gasteiger charge is -2.15. The van der Waals surface area contributed by atoms with E-state index in [0.717, 1.165) is 13.1 Å². The van der Waals surface area contributed by atoms with Gasteiger partial charge in [0.05, 0.1) is 12.6 Å². The summed E-state index contributed by atoms with van der Waals surface area (Å²) in [6, 6.07) is 2.21. The van der Waals surface area contributed by atoms with Gasteiger partial charge in [-0.3, -0.25) is 4.90 Å². The first-order valence-corrected chi connectivity index (χ1v) is 5.94. The Morgan fingerprint density at radius 3 is 2.21 bits per heavy atom. The van der Waals surface area contributed by atoms with Crippen LogP contribution in [0, 0.1) is 11.3 Å². The van der Waals surface area contributed by atoms with Crippen molar-refractivity contribution in [1.29, 1.82) is 5.26 Å². The zero-order chi connectivity index (χ0) is 10.6. The SMILES string of the molecule is CCCCCCCCN(CC)CC#N. The fraction of sp³-hybridized carbons (Fsp3) is 0.917. The molecule has 14 heavy (non-hydrogen) atoms. The van der Waals surface area contributed by atoms with Crippen LogP contribution in [0.15, 0.2) is 0 Å². The first-order valence-electron chi connectivity index (χ1n) is 5.94. The van der Waals surface area contributed by atoms with Gasteiger partial charge in [-0.05, 0) is 19.5 Å². The van der Waals surface area contributed by atoms with Gasteiger partial charge >= 0.3 is 0 Å². The predicted molar refractivity (Wildman–Crippen MR) is 61.1 cm³/mol. The molecule has 0 unspecified atom stereocenters. The minimum absolute atomic E-state index is 0.589. The van der Waals surface area contributed by atoms with E-state index in [1.807, 2.05) is 0 Å². The van der Waals surface area contributed by atoms with Crippen LogP contribution in [-0.4, -0.2) is 24.5 Å². The number of hydrogen-bond acceptors (Lipinski definition) is 2. The highest BCUT2D eigenvalue weighted by Crippen LogP contribution is 2.05. The van der Waals surface area contributed by atoms with E-state index in [0.29, 0.717) is 6.54 Å². The first kappa shape index (κ1) is 13.4. The lowest BCUT2D eigenvalue weighted by molar-refractivity contribution is 0.312. The van der Waals surface area contributed by atoms with Crippen molar-refractivity contribution in [2.24, 2.45) is 0 Å². The summed E-state index contributed by atoms with van der Waals surface area (Å²) >= 11 is 0. The third-order valence-electron chi connectivity index (χ3n) is 2.57. The van der Waals surface area contributed by atoms with Crippen molar-refractivity contribution in [3.05, 3.63) is 0 Å². The predicted octanol–water partition coefficient (Wildman–Crippen LogP) is 3.19. The van der Waals surface area contributed by atoms with E-state index < -0.39 is 0 Å². The number of rotatable bonds is 9. The fourth-order valence-electron chi connectivity index (χ4n) is 1.56. The van der Waals surface area contributed by atoms with Crippen LogP contribution in [0.2, 0.25) is 0 Å². The topological polar surface area (TPSA) is 27.0 Å². The van der Waals surface area contributed by atoms with E-state index in [4.69, 9.17) is 5.26 Å². The molecule has 0 radical (unpaired) electrons. The van der Waals surface area contributed by atoms with Gasteiger partial charge in [0.15, 0.2) is 0 Å². The molecular weight excluding hydrogens is 172 g/mol. The molecule has 0 aliphatic rings. The maximum Gasteiger partial charge on any atom is 0.0865 e. The lowest BCUT2D eigenvalue weighted by Crippen LogP contribution is -2.24. The second-order valence-electron chi connectivity index (χ2n) is 3.79. The highest BCUT2D eigenvalue weighted by atomic mass is 15.1. The summed E-state index contributed by atoms with van der Waals surface area (Å²) < 4.78 is 0. The second kappa shape index (κ2) is 10.5. The molecule has 0 rings (SSSR count). The minimum atomic E-state index is 0.589. The summed E-state index contributed by atoms with van der Waals surface area (Å²) in [6.45, 7) is 7.05. The lowest BCUT2D eigenvalue weighted by atomic mass is 10.1. The molecular formula is C12H24N2. The van der Waals surface area contributed by atoms with Crippen LogP contribution in [0.3, 0.4) is 0 Å². The number of hydrogen-bond donors (Lipinski definition) is 0. The maximum absolute atomic E-state index is 8.55. The van der Waals surface area contributed by atoms with Crippen molar-refractivity contribution >= 4 is 0 Å². The van der Waals surface area contributed by atoms with Crippen molar-refractivity contribution in [3.63, 3.8) is 0 Å². The summed E-state index contributed by atoms with van der Waals surface area (Å²) in [4.78, 5) is 2.21. The average Bonchev–Trinajstić information content (AvgIpc) is 2.21. The molecule has 0 aromatic carbocycles. The van der Waals surface area contributed by atoms with E-state index in [2.05, 4.69) is 24.8 Å². The minimum Gasteiger partial charge on any atom is -0.291 e. The Hall–Kier alpha value is -0.550. The van der Waals surface area contributed by atoms with Crippen LogP contribution in [0.5, 0.6) is 0 Å². The smallest absolute Gasteiger partial charge is 0.0865 e.